The van der Waals surface area contributed by atoms with E-state index < -0.39 is 6.10 Å². The van der Waals surface area contributed by atoms with E-state index in [9.17, 15) is 10.2 Å². The van der Waals surface area contributed by atoms with Crippen LogP contribution in [0, 0.1) is 0 Å². The fourth-order valence-electron chi connectivity index (χ4n) is 2.24. The number of aliphatic hydroxyl groups excluding tert-OH is 2. The highest BCUT2D eigenvalue weighted by Crippen LogP contribution is 2.28. The minimum atomic E-state index is -0.615. The van der Waals surface area contributed by atoms with Gasteiger partial charge in [-0.3, -0.25) is 0 Å². The first-order chi connectivity index (χ1) is 8.74. The van der Waals surface area contributed by atoms with Crippen molar-refractivity contribution in [3.8, 4) is 5.88 Å². The monoisotopic (exact) mass is 273 g/mol. The molecule has 0 aromatic carbocycles. The van der Waals surface area contributed by atoms with Crippen molar-refractivity contribution in [3.63, 3.8) is 0 Å². The summed E-state index contributed by atoms with van der Waals surface area (Å²) in [5.41, 5.74) is -0.205. The zero-order valence-corrected chi connectivity index (χ0v) is 11.0. The molecule has 18 heavy (non-hydrogen) atoms. The summed E-state index contributed by atoms with van der Waals surface area (Å²) in [5.74, 6) is 0.441. The molecule has 7 heteroatoms. The molecule has 1 aromatic heterocycles. The van der Waals surface area contributed by atoms with Gasteiger partial charge in [-0.2, -0.15) is 4.37 Å². The van der Waals surface area contributed by atoms with E-state index >= 15 is 0 Å². The van der Waals surface area contributed by atoms with Crippen LogP contribution in [-0.2, 0) is 0 Å². The van der Waals surface area contributed by atoms with E-state index in [4.69, 9.17) is 4.74 Å². The SMILES string of the molecule is OCC1(NCC(O)COc2cnsn2)CCCC1. The van der Waals surface area contributed by atoms with Crippen LogP contribution < -0.4 is 10.1 Å². The van der Waals surface area contributed by atoms with Gasteiger partial charge in [-0.05, 0) is 12.8 Å². The predicted molar refractivity (Wildman–Crippen MR) is 67.7 cm³/mol. The number of hydrogen-bond acceptors (Lipinski definition) is 7. The van der Waals surface area contributed by atoms with Crippen molar-refractivity contribution < 1.29 is 14.9 Å². The van der Waals surface area contributed by atoms with Gasteiger partial charge in [-0.1, -0.05) is 12.8 Å². The molecule has 0 bridgehead atoms. The molecule has 6 nitrogen and oxygen atoms in total. The standard InChI is InChI=1S/C11H19N3O3S/c15-8-11(3-1-2-4-11)12-5-9(16)7-17-10-6-13-18-14-10/h6,9,12,15-16H,1-5,7-8H2. The average Bonchev–Trinajstić information content (AvgIpc) is 3.06. The molecule has 2 rings (SSSR count). The van der Waals surface area contributed by atoms with Gasteiger partial charge in [-0.25, -0.2) is 0 Å². The molecule has 1 aliphatic rings. The number of aromatic nitrogens is 2. The Kier molecular flexibility index (Phi) is 4.87. The lowest BCUT2D eigenvalue weighted by Crippen LogP contribution is -2.49. The van der Waals surface area contributed by atoms with Crippen LogP contribution >= 0.6 is 11.7 Å². The van der Waals surface area contributed by atoms with E-state index in [-0.39, 0.29) is 18.8 Å². The Morgan fingerprint density at radius 1 is 1.50 bits per heavy atom. The van der Waals surface area contributed by atoms with Gasteiger partial charge in [-0.15, -0.1) is 4.37 Å². The van der Waals surface area contributed by atoms with E-state index in [1.807, 2.05) is 0 Å². The first kappa shape index (κ1) is 13.7. The van der Waals surface area contributed by atoms with Gasteiger partial charge in [0.15, 0.2) is 0 Å². The Morgan fingerprint density at radius 2 is 2.28 bits per heavy atom. The molecule has 1 aliphatic carbocycles. The van der Waals surface area contributed by atoms with Gasteiger partial charge in [0, 0.05) is 12.1 Å². The first-order valence-corrected chi connectivity index (χ1v) is 6.91. The third kappa shape index (κ3) is 3.61. The molecule has 102 valence electrons. The third-order valence-corrected chi connectivity index (χ3v) is 3.80. The quantitative estimate of drug-likeness (QED) is 0.656. The minimum absolute atomic E-state index is 0.122. The van der Waals surface area contributed by atoms with Crippen molar-refractivity contribution >= 4 is 11.7 Å². The molecule has 1 atom stereocenters. The van der Waals surface area contributed by atoms with Gasteiger partial charge >= 0.3 is 0 Å². The number of rotatable bonds is 7. The summed E-state index contributed by atoms with van der Waals surface area (Å²) in [6, 6.07) is 0. The summed E-state index contributed by atoms with van der Waals surface area (Å²) < 4.78 is 13.0. The van der Waals surface area contributed by atoms with Gasteiger partial charge in [0.25, 0.3) is 0 Å². The molecular weight excluding hydrogens is 254 g/mol. The van der Waals surface area contributed by atoms with Crippen LogP contribution in [-0.4, -0.2) is 50.4 Å². The smallest absolute Gasteiger partial charge is 0.245 e. The maximum atomic E-state index is 9.80. The zero-order valence-electron chi connectivity index (χ0n) is 10.2. The second-order valence-corrected chi connectivity index (χ2v) is 5.29. The molecule has 0 amide bonds. The number of β-amino-alcohol motifs (C(OH)–C–C–N with tert-alkyl or cyclic N) is 1. The first-order valence-electron chi connectivity index (χ1n) is 6.18. The van der Waals surface area contributed by atoms with Gasteiger partial charge in [0.1, 0.15) is 18.9 Å². The number of nitrogens with zero attached hydrogens (tertiary/aromatic N) is 2. The molecule has 0 aliphatic heterocycles. The lowest BCUT2D eigenvalue weighted by molar-refractivity contribution is 0.0836. The van der Waals surface area contributed by atoms with Crippen molar-refractivity contribution in [3.05, 3.63) is 6.20 Å². The molecule has 0 radical (unpaired) electrons. The number of ether oxygens (including phenoxy) is 1. The third-order valence-electron chi connectivity index (χ3n) is 3.34. The van der Waals surface area contributed by atoms with E-state index in [1.165, 1.54) is 6.20 Å². The molecule has 1 heterocycles. The normalized spacial score (nSPS) is 19.9. The van der Waals surface area contributed by atoms with Gasteiger partial charge in [0.05, 0.1) is 18.3 Å². The Balaban J connectivity index is 1.69. The molecule has 0 saturated heterocycles. The highest BCUT2D eigenvalue weighted by atomic mass is 32.1. The summed E-state index contributed by atoms with van der Waals surface area (Å²) >= 11 is 1.07. The fraction of sp³-hybridized carbons (Fsp3) is 0.818. The summed E-state index contributed by atoms with van der Waals surface area (Å²) in [6.07, 6.45) is 5.10. The van der Waals surface area contributed by atoms with Crippen LogP contribution in [0.25, 0.3) is 0 Å². The Bertz CT molecular complexity index is 341. The zero-order chi connectivity index (χ0) is 12.8. The molecule has 1 saturated carbocycles. The maximum absolute atomic E-state index is 9.80. The summed E-state index contributed by atoms with van der Waals surface area (Å²) in [6.45, 7) is 0.717. The van der Waals surface area contributed by atoms with E-state index in [0.717, 1.165) is 37.4 Å². The molecule has 1 fully saturated rings. The predicted octanol–water partition coefficient (Wildman–Crippen LogP) is 0.172. The van der Waals surface area contributed by atoms with Crippen molar-refractivity contribution in [1.29, 1.82) is 0 Å². The van der Waals surface area contributed by atoms with E-state index in [0.29, 0.717) is 12.4 Å². The minimum Gasteiger partial charge on any atom is -0.473 e. The van der Waals surface area contributed by atoms with E-state index in [1.54, 1.807) is 0 Å². The van der Waals surface area contributed by atoms with Crippen molar-refractivity contribution in [2.45, 2.75) is 37.3 Å². The van der Waals surface area contributed by atoms with Crippen molar-refractivity contribution in [1.82, 2.24) is 14.1 Å². The highest BCUT2D eigenvalue weighted by molar-refractivity contribution is 6.99. The molecule has 1 aromatic rings. The molecule has 1 unspecified atom stereocenters. The number of nitrogens with one attached hydrogen (secondary N) is 1. The number of hydrogen-bond donors (Lipinski definition) is 3. The van der Waals surface area contributed by atoms with Crippen molar-refractivity contribution in [2.24, 2.45) is 0 Å². The lowest BCUT2D eigenvalue weighted by Gasteiger charge is -2.29. The van der Waals surface area contributed by atoms with Crippen molar-refractivity contribution in [2.75, 3.05) is 19.8 Å². The maximum Gasteiger partial charge on any atom is 0.245 e. The summed E-state index contributed by atoms with van der Waals surface area (Å²) in [7, 11) is 0. The molecule has 0 spiro atoms. The van der Waals surface area contributed by atoms with Crippen LogP contribution in [0.4, 0.5) is 0 Å². The number of aliphatic hydroxyl groups is 2. The lowest BCUT2D eigenvalue weighted by atomic mass is 9.99. The van der Waals surface area contributed by atoms with Crippen LogP contribution in [0.1, 0.15) is 25.7 Å². The summed E-state index contributed by atoms with van der Waals surface area (Å²) in [5, 5.41) is 22.5. The second-order valence-electron chi connectivity index (χ2n) is 4.74. The van der Waals surface area contributed by atoms with Crippen LogP contribution in [0.2, 0.25) is 0 Å². The Labute approximate surface area is 110 Å². The fourth-order valence-corrected chi connectivity index (χ4v) is 2.60. The molecule has 3 N–H and O–H groups in total. The van der Waals surface area contributed by atoms with Gasteiger partial charge < -0.3 is 20.3 Å². The van der Waals surface area contributed by atoms with Crippen LogP contribution in [0.5, 0.6) is 5.88 Å². The molecular formula is C11H19N3O3S. The van der Waals surface area contributed by atoms with Crippen LogP contribution in [0.15, 0.2) is 6.20 Å². The van der Waals surface area contributed by atoms with Gasteiger partial charge in [0.2, 0.25) is 5.88 Å². The van der Waals surface area contributed by atoms with E-state index in [2.05, 4.69) is 14.1 Å². The summed E-state index contributed by atoms with van der Waals surface area (Å²) in [4.78, 5) is 0. The largest absolute Gasteiger partial charge is 0.473 e. The van der Waals surface area contributed by atoms with Crippen LogP contribution in [0.3, 0.4) is 0 Å². The average molecular weight is 273 g/mol. The topological polar surface area (TPSA) is 87.5 Å². The Hall–Kier alpha value is -0.760. The highest BCUT2D eigenvalue weighted by Gasteiger charge is 2.32. The Morgan fingerprint density at radius 3 is 2.89 bits per heavy atom. The second kappa shape index (κ2) is 6.42.